The van der Waals surface area contributed by atoms with Crippen molar-refractivity contribution in [3.63, 3.8) is 0 Å². The number of rotatable bonds is 2. The lowest BCUT2D eigenvalue weighted by molar-refractivity contribution is 0.414. The van der Waals surface area contributed by atoms with Crippen molar-refractivity contribution >= 4 is 5.70 Å². The molecule has 0 spiro atoms. The van der Waals surface area contributed by atoms with E-state index in [1.807, 2.05) is 59.3 Å². The Morgan fingerprint density at radius 3 is 2.52 bits per heavy atom. The highest BCUT2D eigenvalue weighted by atomic mass is 16.5. The molecular weight excluding hydrogens is 310 g/mol. The molecule has 122 valence electrons. The molecule has 0 saturated carbocycles. The van der Waals surface area contributed by atoms with Crippen LogP contribution in [0.4, 0.5) is 0 Å². The maximum absolute atomic E-state index is 9.89. The Labute approximate surface area is 146 Å². The first-order valence-corrected chi connectivity index (χ1v) is 8.05. The van der Waals surface area contributed by atoms with Gasteiger partial charge in [-0.1, -0.05) is 30.3 Å². The summed E-state index contributed by atoms with van der Waals surface area (Å²) in [7, 11) is 1.64. The molecule has 0 fully saturated rings. The van der Waals surface area contributed by atoms with Crippen LogP contribution < -0.4 is 10.5 Å². The number of aromatic nitrogens is 1. The molecule has 2 heterocycles. The SMILES string of the molecule is COc1ccc(C2C(C#N)=C(N)c3cccn3-c3ccccc32)cc1. The summed E-state index contributed by atoms with van der Waals surface area (Å²) in [5, 5.41) is 9.89. The predicted molar refractivity (Wildman–Crippen MR) is 97.3 cm³/mol. The predicted octanol–water partition coefficient (Wildman–Crippen LogP) is 3.82. The molecule has 0 radical (unpaired) electrons. The van der Waals surface area contributed by atoms with Gasteiger partial charge < -0.3 is 15.0 Å². The largest absolute Gasteiger partial charge is 0.497 e. The zero-order valence-corrected chi connectivity index (χ0v) is 13.8. The van der Waals surface area contributed by atoms with Crippen LogP contribution in [0.15, 0.2) is 72.4 Å². The van der Waals surface area contributed by atoms with Gasteiger partial charge in [0.1, 0.15) is 5.75 Å². The molecule has 3 aromatic rings. The van der Waals surface area contributed by atoms with Crippen LogP contribution in [0.1, 0.15) is 22.7 Å². The van der Waals surface area contributed by atoms with Crippen LogP contribution >= 0.6 is 0 Å². The summed E-state index contributed by atoms with van der Waals surface area (Å²) in [6.45, 7) is 0. The van der Waals surface area contributed by atoms with Gasteiger partial charge in [-0.15, -0.1) is 0 Å². The number of hydrogen-bond donors (Lipinski definition) is 1. The number of hydrogen-bond acceptors (Lipinski definition) is 3. The normalized spacial score (nSPS) is 15.8. The van der Waals surface area contributed by atoms with E-state index in [4.69, 9.17) is 10.5 Å². The number of fused-ring (bicyclic) bond motifs is 3. The van der Waals surface area contributed by atoms with E-state index in [1.165, 1.54) is 0 Å². The number of ether oxygens (including phenoxy) is 1. The van der Waals surface area contributed by atoms with E-state index in [0.717, 1.165) is 28.3 Å². The highest BCUT2D eigenvalue weighted by Crippen LogP contribution is 2.41. The van der Waals surface area contributed by atoms with Crippen molar-refractivity contribution in [1.82, 2.24) is 4.57 Å². The van der Waals surface area contributed by atoms with Crippen LogP contribution in [0.5, 0.6) is 5.75 Å². The van der Waals surface area contributed by atoms with Crippen LogP contribution in [-0.2, 0) is 0 Å². The molecule has 25 heavy (non-hydrogen) atoms. The average molecular weight is 327 g/mol. The van der Waals surface area contributed by atoms with E-state index in [-0.39, 0.29) is 5.92 Å². The molecular formula is C21H17N3O. The van der Waals surface area contributed by atoms with E-state index in [9.17, 15) is 5.26 Å². The monoisotopic (exact) mass is 327 g/mol. The molecule has 2 aromatic carbocycles. The Balaban J connectivity index is 2.02. The zero-order chi connectivity index (χ0) is 17.4. The van der Waals surface area contributed by atoms with Gasteiger partial charge in [-0.05, 0) is 41.5 Å². The third-order valence-electron chi connectivity index (χ3n) is 4.68. The first-order chi connectivity index (χ1) is 12.2. The smallest absolute Gasteiger partial charge is 0.118 e. The molecule has 4 rings (SSSR count). The number of benzene rings is 2. The third-order valence-corrected chi connectivity index (χ3v) is 4.68. The molecule has 2 N–H and O–H groups in total. The lowest BCUT2D eigenvalue weighted by Crippen LogP contribution is -2.08. The molecule has 4 nitrogen and oxygen atoms in total. The summed E-state index contributed by atoms with van der Waals surface area (Å²) in [4.78, 5) is 0. The lowest BCUT2D eigenvalue weighted by atomic mass is 9.84. The quantitative estimate of drug-likeness (QED) is 0.778. The van der Waals surface area contributed by atoms with E-state index in [2.05, 4.69) is 18.2 Å². The number of nitriles is 1. The first-order valence-electron chi connectivity index (χ1n) is 8.05. The minimum atomic E-state index is -0.216. The number of allylic oxidation sites excluding steroid dienone is 1. The Kier molecular flexibility index (Phi) is 3.55. The number of para-hydroxylation sites is 1. The summed E-state index contributed by atoms with van der Waals surface area (Å²) in [5.74, 6) is 0.569. The third kappa shape index (κ3) is 2.29. The van der Waals surface area contributed by atoms with Crippen molar-refractivity contribution in [1.29, 1.82) is 5.26 Å². The fourth-order valence-electron chi connectivity index (χ4n) is 3.48. The van der Waals surface area contributed by atoms with Crippen molar-refractivity contribution in [3.8, 4) is 17.5 Å². The van der Waals surface area contributed by atoms with Gasteiger partial charge >= 0.3 is 0 Å². The topological polar surface area (TPSA) is 64.0 Å². The van der Waals surface area contributed by atoms with Crippen molar-refractivity contribution in [3.05, 3.63) is 89.3 Å². The molecule has 0 aliphatic carbocycles. The van der Waals surface area contributed by atoms with E-state index in [1.54, 1.807) is 7.11 Å². The fourth-order valence-corrected chi connectivity index (χ4v) is 3.48. The van der Waals surface area contributed by atoms with Crippen LogP contribution in [0.2, 0.25) is 0 Å². The fraction of sp³-hybridized carbons (Fsp3) is 0.0952. The summed E-state index contributed by atoms with van der Waals surface area (Å²) in [5.41, 5.74) is 11.5. The second kappa shape index (κ2) is 5.88. The van der Waals surface area contributed by atoms with Crippen LogP contribution in [0.3, 0.4) is 0 Å². The van der Waals surface area contributed by atoms with Gasteiger partial charge in [0.05, 0.1) is 30.1 Å². The average Bonchev–Trinajstić information content (AvgIpc) is 3.12. The zero-order valence-electron chi connectivity index (χ0n) is 13.8. The van der Waals surface area contributed by atoms with E-state index < -0.39 is 0 Å². The molecule has 1 aromatic heterocycles. The van der Waals surface area contributed by atoms with Crippen molar-refractivity contribution in [2.75, 3.05) is 7.11 Å². The van der Waals surface area contributed by atoms with Crippen LogP contribution in [0, 0.1) is 11.3 Å². The maximum Gasteiger partial charge on any atom is 0.118 e. The molecule has 0 saturated heterocycles. The van der Waals surface area contributed by atoms with Gasteiger partial charge in [-0.25, -0.2) is 0 Å². The van der Waals surface area contributed by atoms with Crippen molar-refractivity contribution < 1.29 is 4.74 Å². The number of methoxy groups -OCH3 is 1. The highest BCUT2D eigenvalue weighted by Gasteiger charge is 2.29. The summed E-state index contributed by atoms with van der Waals surface area (Å²) >= 11 is 0. The summed E-state index contributed by atoms with van der Waals surface area (Å²) in [6, 6.07) is 22.2. The molecule has 1 atom stereocenters. The van der Waals surface area contributed by atoms with Crippen molar-refractivity contribution in [2.24, 2.45) is 5.73 Å². The van der Waals surface area contributed by atoms with Crippen LogP contribution in [-0.4, -0.2) is 11.7 Å². The second-order valence-corrected chi connectivity index (χ2v) is 5.97. The lowest BCUT2D eigenvalue weighted by Gasteiger charge is -2.19. The van der Waals surface area contributed by atoms with Gasteiger partial charge in [0.2, 0.25) is 0 Å². The molecule has 1 aliphatic rings. The number of nitrogens with two attached hydrogens (primary N) is 1. The van der Waals surface area contributed by atoms with Gasteiger partial charge in [0, 0.05) is 17.8 Å². The van der Waals surface area contributed by atoms with Gasteiger partial charge in [-0.3, -0.25) is 0 Å². The van der Waals surface area contributed by atoms with Crippen LogP contribution in [0.25, 0.3) is 11.4 Å². The standard InChI is InChI=1S/C21H17N3O/c1-25-15-10-8-14(9-11-15)20-16-5-2-3-6-18(16)24-12-4-7-19(24)21(23)17(20)13-22/h2-12,20H,23H2,1H3. The van der Waals surface area contributed by atoms with Gasteiger partial charge in [0.25, 0.3) is 0 Å². The summed E-state index contributed by atoms with van der Waals surface area (Å²) in [6.07, 6.45) is 1.98. The highest BCUT2D eigenvalue weighted by molar-refractivity contribution is 5.75. The molecule has 0 bridgehead atoms. The number of nitrogens with zero attached hydrogens (tertiary/aromatic N) is 2. The van der Waals surface area contributed by atoms with E-state index in [0.29, 0.717) is 11.3 Å². The van der Waals surface area contributed by atoms with E-state index >= 15 is 0 Å². The second-order valence-electron chi connectivity index (χ2n) is 5.97. The van der Waals surface area contributed by atoms with Gasteiger partial charge in [0.15, 0.2) is 0 Å². The first kappa shape index (κ1) is 15.1. The minimum absolute atomic E-state index is 0.216. The maximum atomic E-state index is 9.89. The van der Waals surface area contributed by atoms with Gasteiger partial charge in [-0.2, -0.15) is 5.26 Å². The Bertz CT molecular complexity index is 1010. The molecule has 1 aliphatic heterocycles. The molecule has 0 amide bonds. The minimum Gasteiger partial charge on any atom is -0.497 e. The Morgan fingerprint density at radius 2 is 1.80 bits per heavy atom. The summed E-state index contributed by atoms with van der Waals surface area (Å²) < 4.78 is 7.30. The van der Waals surface area contributed by atoms with Crippen molar-refractivity contribution in [2.45, 2.75) is 5.92 Å². The molecule has 4 heteroatoms. The molecule has 1 unspecified atom stereocenters. The Morgan fingerprint density at radius 1 is 1.04 bits per heavy atom. The Hall–Kier alpha value is -3.45.